The lowest BCUT2D eigenvalue weighted by Gasteiger charge is -2.13. The van der Waals surface area contributed by atoms with Gasteiger partial charge in [-0.2, -0.15) is 5.10 Å². The van der Waals surface area contributed by atoms with Crippen molar-refractivity contribution in [3.63, 3.8) is 0 Å². The molecule has 1 aromatic carbocycles. The molecule has 0 saturated heterocycles. The first kappa shape index (κ1) is 12.9. The lowest BCUT2D eigenvalue weighted by molar-refractivity contribution is -0.122. The normalized spacial score (nSPS) is 21.4. The molecule has 1 aromatic heterocycles. The molecule has 104 valence electrons. The number of aliphatic hydroxyl groups is 1. The Bertz CT molecular complexity index is 647. The van der Waals surface area contributed by atoms with E-state index in [1.807, 2.05) is 36.4 Å². The molecule has 3 rings (SSSR count). The number of hydrogen-bond donors (Lipinski definition) is 2. The predicted molar refractivity (Wildman–Crippen MR) is 76.0 cm³/mol. The minimum atomic E-state index is -0.0629. The van der Waals surface area contributed by atoms with Gasteiger partial charge in [-0.1, -0.05) is 30.4 Å². The summed E-state index contributed by atoms with van der Waals surface area (Å²) >= 11 is 0. The van der Waals surface area contributed by atoms with Crippen LogP contribution < -0.4 is 5.32 Å². The number of aliphatic hydroxyl groups excluding tert-OH is 1. The summed E-state index contributed by atoms with van der Waals surface area (Å²) in [4.78, 5) is 12.0. The molecule has 5 nitrogen and oxygen atoms in total. The molecule has 0 bridgehead atoms. The standard InChI is InChI=1S/C15H17N3O2/c19-10-11-5-6-13(7-11)17-15(20)9-18-14-4-2-1-3-12(14)8-16-18/h1-6,8,11,13,19H,7,9-10H2,(H,17,20)/t11-,13+/m0/s1. The highest BCUT2D eigenvalue weighted by Gasteiger charge is 2.20. The van der Waals surface area contributed by atoms with Crippen LogP contribution in [-0.2, 0) is 11.3 Å². The van der Waals surface area contributed by atoms with Gasteiger partial charge in [0, 0.05) is 24.0 Å². The number of benzene rings is 1. The highest BCUT2D eigenvalue weighted by Crippen LogP contribution is 2.17. The van der Waals surface area contributed by atoms with Gasteiger partial charge in [-0.15, -0.1) is 0 Å². The number of fused-ring (bicyclic) bond motifs is 1. The van der Waals surface area contributed by atoms with Crippen LogP contribution in [0.25, 0.3) is 10.9 Å². The molecule has 1 heterocycles. The zero-order valence-corrected chi connectivity index (χ0v) is 11.1. The summed E-state index contributed by atoms with van der Waals surface area (Å²) in [5, 5.41) is 17.3. The molecule has 0 unspecified atom stereocenters. The van der Waals surface area contributed by atoms with Crippen LogP contribution >= 0.6 is 0 Å². The number of carbonyl (C=O) groups excluding carboxylic acids is 1. The number of hydrogen-bond acceptors (Lipinski definition) is 3. The Labute approximate surface area is 116 Å². The van der Waals surface area contributed by atoms with Crippen molar-refractivity contribution in [2.75, 3.05) is 6.61 Å². The second-order valence-corrected chi connectivity index (χ2v) is 5.10. The molecule has 0 saturated carbocycles. The molecule has 0 radical (unpaired) electrons. The largest absolute Gasteiger partial charge is 0.396 e. The van der Waals surface area contributed by atoms with Crippen LogP contribution in [0.4, 0.5) is 0 Å². The van der Waals surface area contributed by atoms with Crippen molar-refractivity contribution < 1.29 is 9.90 Å². The van der Waals surface area contributed by atoms with Gasteiger partial charge in [0.2, 0.25) is 5.91 Å². The van der Waals surface area contributed by atoms with Crippen LogP contribution in [0.1, 0.15) is 6.42 Å². The van der Waals surface area contributed by atoms with E-state index in [0.29, 0.717) is 0 Å². The Kier molecular flexibility index (Phi) is 3.52. The Morgan fingerprint density at radius 3 is 3.05 bits per heavy atom. The van der Waals surface area contributed by atoms with E-state index in [2.05, 4.69) is 10.4 Å². The summed E-state index contributed by atoms with van der Waals surface area (Å²) in [7, 11) is 0. The molecule has 1 amide bonds. The van der Waals surface area contributed by atoms with E-state index in [4.69, 9.17) is 5.11 Å². The van der Waals surface area contributed by atoms with Crippen LogP contribution in [-0.4, -0.2) is 33.4 Å². The van der Waals surface area contributed by atoms with Crippen molar-refractivity contribution in [2.24, 2.45) is 5.92 Å². The first-order chi connectivity index (χ1) is 9.76. The van der Waals surface area contributed by atoms with Gasteiger partial charge in [0.15, 0.2) is 0 Å². The highest BCUT2D eigenvalue weighted by atomic mass is 16.3. The zero-order valence-electron chi connectivity index (χ0n) is 11.1. The minimum Gasteiger partial charge on any atom is -0.396 e. The Balaban J connectivity index is 1.63. The molecule has 5 heteroatoms. The number of rotatable bonds is 4. The van der Waals surface area contributed by atoms with Gasteiger partial charge in [0.25, 0.3) is 0 Å². The number of carbonyl (C=O) groups is 1. The summed E-state index contributed by atoms with van der Waals surface area (Å²) in [5.41, 5.74) is 0.956. The molecule has 0 fully saturated rings. The fraction of sp³-hybridized carbons (Fsp3) is 0.333. The van der Waals surface area contributed by atoms with Gasteiger partial charge in [-0.05, 0) is 12.5 Å². The van der Waals surface area contributed by atoms with E-state index in [0.717, 1.165) is 17.3 Å². The Hall–Kier alpha value is -2.14. The van der Waals surface area contributed by atoms with E-state index >= 15 is 0 Å². The van der Waals surface area contributed by atoms with E-state index < -0.39 is 0 Å². The van der Waals surface area contributed by atoms with Gasteiger partial charge in [-0.3, -0.25) is 9.48 Å². The molecule has 2 atom stereocenters. The van der Waals surface area contributed by atoms with Crippen molar-refractivity contribution >= 4 is 16.8 Å². The molecule has 0 spiro atoms. The molecule has 2 N–H and O–H groups in total. The van der Waals surface area contributed by atoms with Crippen LogP contribution in [0, 0.1) is 5.92 Å². The smallest absolute Gasteiger partial charge is 0.242 e. The summed E-state index contributed by atoms with van der Waals surface area (Å²) in [6.45, 7) is 0.342. The maximum Gasteiger partial charge on any atom is 0.242 e. The van der Waals surface area contributed by atoms with Crippen LogP contribution in [0.15, 0.2) is 42.6 Å². The number of nitrogens with one attached hydrogen (secondary N) is 1. The van der Waals surface area contributed by atoms with Gasteiger partial charge < -0.3 is 10.4 Å². The summed E-state index contributed by atoms with van der Waals surface area (Å²) in [6, 6.07) is 7.83. The number of aromatic nitrogens is 2. The Morgan fingerprint density at radius 1 is 1.40 bits per heavy atom. The first-order valence-corrected chi connectivity index (χ1v) is 6.75. The van der Waals surface area contributed by atoms with Crippen LogP contribution in [0.5, 0.6) is 0 Å². The van der Waals surface area contributed by atoms with Crippen molar-refractivity contribution in [2.45, 2.75) is 19.0 Å². The lowest BCUT2D eigenvalue weighted by atomic mass is 10.1. The second-order valence-electron chi connectivity index (χ2n) is 5.10. The van der Waals surface area contributed by atoms with Crippen molar-refractivity contribution in [1.82, 2.24) is 15.1 Å². The highest BCUT2D eigenvalue weighted by molar-refractivity contribution is 5.82. The predicted octanol–water partition coefficient (Wildman–Crippen LogP) is 1.09. The molecule has 1 aliphatic carbocycles. The topological polar surface area (TPSA) is 67.2 Å². The summed E-state index contributed by atoms with van der Waals surface area (Å²) < 4.78 is 1.70. The van der Waals surface area contributed by atoms with Crippen molar-refractivity contribution in [3.05, 3.63) is 42.6 Å². The average molecular weight is 271 g/mol. The molecule has 20 heavy (non-hydrogen) atoms. The monoisotopic (exact) mass is 271 g/mol. The number of amides is 1. The van der Waals surface area contributed by atoms with E-state index in [9.17, 15) is 4.79 Å². The second kappa shape index (κ2) is 5.46. The number of para-hydroxylation sites is 1. The van der Waals surface area contributed by atoms with Crippen molar-refractivity contribution in [3.8, 4) is 0 Å². The van der Waals surface area contributed by atoms with Crippen molar-refractivity contribution in [1.29, 1.82) is 0 Å². The van der Waals surface area contributed by atoms with Crippen LogP contribution in [0.3, 0.4) is 0 Å². The summed E-state index contributed by atoms with van der Waals surface area (Å²) in [6.07, 6.45) is 6.43. The third kappa shape index (κ3) is 2.58. The maximum atomic E-state index is 12.0. The molecule has 1 aliphatic rings. The Morgan fingerprint density at radius 2 is 2.25 bits per heavy atom. The molecule has 0 aliphatic heterocycles. The fourth-order valence-electron chi connectivity index (χ4n) is 2.56. The quantitative estimate of drug-likeness (QED) is 0.818. The lowest BCUT2D eigenvalue weighted by Crippen LogP contribution is -2.35. The third-order valence-electron chi connectivity index (χ3n) is 3.60. The van der Waals surface area contributed by atoms with Gasteiger partial charge in [-0.25, -0.2) is 0 Å². The maximum absolute atomic E-state index is 12.0. The summed E-state index contributed by atoms with van der Waals surface area (Å²) in [5.74, 6) is 0.0953. The number of nitrogens with zero attached hydrogens (tertiary/aromatic N) is 2. The fourth-order valence-corrected chi connectivity index (χ4v) is 2.56. The van der Waals surface area contributed by atoms with E-state index in [1.54, 1.807) is 10.9 Å². The van der Waals surface area contributed by atoms with Gasteiger partial charge in [0.1, 0.15) is 6.54 Å². The molecule has 2 aromatic rings. The van der Waals surface area contributed by atoms with E-state index in [-0.39, 0.29) is 31.0 Å². The van der Waals surface area contributed by atoms with Gasteiger partial charge >= 0.3 is 0 Å². The third-order valence-corrected chi connectivity index (χ3v) is 3.60. The van der Waals surface area contributed by atoms with E-state index in [1.165, 1.54) is 0 Å². The first-order valence-electron chi connectivity index (χ1n) is 6.75. The SMILES string of the molecule is O=C(Cn1ncc2ccccc21)N[C@@H]1C=C[C@H](CO)C1. The molecular formula is C15H17N3O2. The minimum absolute atomic E-state index is 0.0153. The van der Waals surface area contributed by atoms with Crippen LogP contribution in [0.2, 0.25) is 0 Å². The average Bonchev–Trinajstić information content (AvgIpc) is 3.06. The zero-order chi connectivity index (χ0) is 13.9. The molecular weight excluding hydrogens is 254 g/mol. The van der Waals surface area contributed by atoms with Gasteiger partial charge in [0.05, 0.1) is 11.7 Å².